The first-order chi connectivity index (χ1) is 13.2. The molecule has 0 atom stereocenters. The second-order valence-electron chi connectivity index (χ2n) is 5.72. The molecule has 146 valence electrons. The van der Waals surface area contributed by atoms with Crippen LogP contribution in [0.15, 0.2) is 41.5 Å². The molecule has 1 heterocycles. The van der Waals surface area contributed by atoms with Crippen LogP contribution in [0.5, 0.6) is 0 Å². The third-order valence-electron chi connectivity index (χ3n) is 3.94. The zero-order valence-electron chi connectivity index (χ0n) is 13.9. The number of fused-ring (bicyclic) bond motifs is 1. The topological polar surface area (TPSA) is 111 Å². The highest BCUT2D eigenvalue weighted by Crippen LogP contribution is 2.41. The van der Waals surface area contributed by atoms with E-state index >= 15 is 0 Å². The molecule has 0 aliphatic carbocycles. The Morgan fingerprint density at radius 1 is 1.04 bits per heavy atom. The molecule has 2 aromatic carbocycles. The van der Waals surface area contributed by atoms with Crippen LogP contribution >= 0.6 is 11.8 Å². The molecule has 0 spiro atoms. The van der Waals surface area contributed by atoms with Gasteiger partial charge in [-0.3, -0.25) is 25.7 Å². The van der Waals surface area contributed by atoms with Gasteiger partial charge >= 0.3 is 17.6 Å². The molecule has 0 radical (unpaired) electrons. The van der Waals surface area contributed by atoms with E-state index in [1.807, 2.05) is 12.1 Å². The number of nitrogens with zero attached hydrogens (tertiary/aromatic N) is 3. The SMILES string of the molecule is O=[N+]([O-])c1cc(C(F)(F)F)cc([N+](=O)[O-])c1NN=C1CSCc2ccccc21. The van der Waals surface area contributed by atoms with Crippen LogP contribution in [0.3, 0.4) is 0 Å². The first kappa shape index (κ1) is 19.6. The zero-order valence-corrected chi connectivity index (χ0v) is 14.7. The molecule has 0 fully saturated rings. The summed E-state index contributed by atoms with van der Waals surface area (Å²) < 4.78 is 38.9. The molecule has 0 bridgehead atoms. The van der Waals surface area contributed by atoms with E-state index in [2.05, 4.69) is 10.5 Å². The molecule has 1 aliphatic heterocycles. The van der Waals surface area contributed by atoms with Gasteiger partial charge in [-0.2, -0.15) is 30.0 Å². The number of hydrogen-bond donors (Lipinski definition) is 1. The maximum atomic E-state index is 13.0. The smallest absolute Gasteiger partial charge is 0.266 e. The summed E-state index contributed by atoms with van der Waals surface area (Å²) in [5.41, 5.74) is 0.127. The van der Waals surface area contributed by atoms with Crippen LogP contribution in [-0.2, 0) is 11.9 Å². The van der Waals surface area contributed by atoms with Gasteiger partial charge in [-0.15, -0.1) is 0 Å². The van der Waals surface area contributed by atoms with Gasteiger partial charge < -0.3 is 0 Å². The molecule has 0 saturated carbocycles. The molecule has 28 heavy (non-hydrogen) atoms. The van der Waals surface area contributed by atoms with Crippen LogP contribution in [0.2, 0.25) is 0 Å². The second-order valence-corrected chi connectivity index (χ2v) is 6.71. The van der Waals surface area contributed by atoms with Gasteiger partial charge in [0.15, 0.2) is 0 Å². The van der Waals surface area contributed by atoms with Gasteiger partial charge in [0.05, 0.1) is 21.1 Å². The molecule has 12 heteroatoms. The predicted molar refractivity (Wildman–Crippen MR) is 97.5 cm³/mol. The Hall–Kier alpha value is -3.15. The van der Waals surface area contributed by atoms with E-state index in [1.165, 1.54) is 11.8 Å². The largest absolute Gasteiger partial charge is 0.416 e. The van der Waals surface area contributed by atoms with E-state index < -0.39 is 38.6 Å². The van der Waals surface area contributed by atoms with Crippen molar-refractivity contribution in [3.05, 3.63) is 73.3 Å². The Labute approximate surface area is 159 Å². The number of hydrazone groups is 1. The molecular formula is C16H11F3N4O4S. The summed E-state index contributed by atoms with van der Waals surface area (Å²) in [7, 11) is 0. The fourth-order valence-electron chi connectivity index (χ4n) is 2.66. The number of alkyl halides is 3. The number of nitro groups is 2. The molecule has 8 nitrogen and oxygen atoms in total. The Morgan fingerprint density at radius 3 is 2.21 bits per heavy atom. The van der Waals surface area contributed by atoms with E-state index in [0.29, 0.717) is 11.5 Å². The van der Waals surface area contributed by atoms with Gasteiger partial charge in [0.2, 0.25) is 5.69 Å². The first-order valence-electron chi connectivity index (χ1n) is 7.71. The molecular weight excluding hydrogens is 401 g/mol. The van der Waals surface area contributed by atoms with E-state index in [1.54, 1.807) is 12.1 Å². The van der Waals surface area contributed by atoms with Gasteiger partial charge in [0.25, 0.3) is 0 Å². The first-order valence-corrected chi connectivity index (χ1v) is 8.86. The van der Waals surface area contributed by atoms with E-state index in [0.717, 1.165) is 16.9 Å². The van der Waals surface area contributed by atoms with Crippen molar-refractivity contribution in [2.45, 2.75) is 11.9 Å². The summed E-state index contributed by atoms with van der Waals surface area (Å²) in [6.07, 6.45) is -4.97. The normalized spacial score (nSPS) is 15.2. The van der Waals surface area contributed by atoms with E-state index in [4.69, 9.17) is 0 Å². The van der Waals surface area contributed by atoms with Gasteiger partial charge in [-0.1, -0.05) is 24.3 Å². The predicted octanol–water partition coefficient (Wildman–Crippen LogP) is 4.58. The molecule has 0 amide bonds. The Morgan fingerprint density at radius 2 is 1.64 bits per heavy atom. The number of halogens is 3. The third kappa shape index (κ3) is 3.91. The van der Waals surface area contributed by atoms with Gasteiger partial charge in [-0.25, -0.2) is 0 Å². The van der Waals surface area contributed by atoms with Crippen molar-refractivity contribution in [1.29, 1.82) is 0 Å². The van der Waals surface area contributed by atoms with Crippen LogP contribution in [0, 0.1) is 20.2 Å². The Balaban J connectivity index is 2.09. The highest BCUT2D eigenvalue weighted by Gasteiger charge is 2.37. The second kappa shape index (κ2) is 7.46. The lowest BCUT2D eigenvalue weighted by molar-refractivity contribution is -0.392. The van der Waals surface area contributed by atoms with Gasteiger partial charge in [-0.05, 0) is 5.56 Å². The van der Waals surface area contributed by atoms with Gasteiger partial charge in [0.1, 0.15) is 0 Å². The van der Waals surface area contributed by atoms with E-state index in [-0.39, 0.29) is 12.1 Å². The van der Waals surface area contributed by atoms with Crippen LogP contribution < -0.4 is 5.43 Å². The molecule has 2 aromatic rings. The van der Waals surface area contributed by atoms with Crippen molar-refractivity contribution in [3.8, 4) is 0 Å². The van der Waals surface area contributed by atoms with Crippen molar-refractivity contribution in [2.24, 2.45) is 5.10 Å². The number of anilines is 1. The highest BCUT2D eigenvalue weighted by atomic mass is 32.2. The monoisotopic (exact) mass is 412 g/mol. The Kier molecular flexibility index (Phi) is 5.23. The van der Waals surface area contributed by atoms with Crippen molar-refractivity contribution < 1.29 is 23.0 Å². The van der Waals surface area contributed by atoms with Crippen molar-refractivity contribution in [2.75, 3.05) is 11.2 Å². The molecule has 3 rings (SSSR count). The lowest BCUT2D eigenvalue weighted by Gasteiger charge is -2.17. The number of nitro benzene ring substituents is 2. The molecule has 1 N–H and O–H groups in total. The van der Waals surface area contributed by atoms with E-state index in [9.17, 15) is 33.4 Å². The summed E-state index contributed by atoms with van der Waals surface area (Å²) in [6.45, 7) is 0. The van der Waals surface area contributed by atoms with Gasteiger partial charge in [0, 0.05) is 29.2 Å². The zero-order chi connectivity index (χ0) is 20.5. The minimum absolute atomic E-state index is 0.249. The number of hydrogen-bond acceptors (Lipinski definition) is 7. The minimum Gasteiger partial charge on any atom is -0.266 e. The third-order valence-corrected chi connectivity index (χ3v) is 4.94. The average molecular weight is 412 g/mol. The minimum atomic E-state index is -4.97. The van der Waals surface area contributed by atoms with Crippen molar-refractivity contribution in [3.63, 3.8) is 0 Å². The highest BCUT2D eigenvalue weighted by molar-refractivity contribution is 7.99. The lowest BCUT2D eigenvalue weighted by atomic mass is 10.0. The fourth-order valence-corrected chi connectivity index (χ4v) is 3.64. The number of nitrogens with one attached hydrogen (secondary N) is 1. The van der Waals surface area contributed by atoms with Crippen LogP contribution in [0.25, 0.3) is 0 Å². The maximum Gasteiger partial charge on any atom is 0.416 e. The lowest BCUT2D eigenvalue weighted by Crippen LogP contribution is -2.15. The molecule has 0 unspecified atom stereocenters. The average Bonchev–Trinajstić information content (AvgIpc) is 2.64. The summed E-state index contributed by atoms with van der Waals surface area (Å²) in [6, 6.07) is 7.76. The Bertz CT molecular complexity index is 959. The molecule has 1 aliphatic rings. The summed E-state index contributed by atoms with van der Waals surface area (Å²) in [5, 5.41) is 26.5. The van der Waals surface area contributed by atoms with Crippen LogP contribution in [0.4, 0.5) is 30.2 Å². The quantitative estimate of drug-likeness (QED) is 0.581. The van der Waals surface area contributed by atoms with Crippen LogP contribution in [-0.4, -0.2) is 21.3 Å². The number of thioether (sulfide) groups is 1. The number of rotatable bonds is 4. The fraction of sp³-hybridized carbons (Fsp3) is 0.188. The maximum absolute atomic E-state index is 13.0. The van der Waals surface area contributed by atoms with Crippen molar-refractivity contribution >= 4 is 34.5 Å². The summed E-state index contributed by atoms with van der Waals surface area (Å²) in [4.78, 5) is 20.3. The van der Waals surface area contributed by atoms with Crippen LogP contribution in [0.1, 0.15) is 16.7 Å². The standard InChI is InChI=1S/C16H11F3N4O4S/c17-16(18,19)10-5-13(22(24)25)15(14(6-10)23(26)27)21-20-12-8-28-7-9-3-1-2-4-11(9)12/h1-6,21H,7-8H2. The summed E-state index contributed by atoms with van der Waals surface area (Å²) in [5.74, 6) is 1.17. The van der Waals surface area contributed by atoms with Crippen molar-refractivity contribution in [1.82, 2.24) is 0 Å². The molecule has 0 saturated heterocycles. The molecule has 0 aromatic heterocycles. The summed E-state index contributed by atoms with van der Waals surface area (Å²) >= 11 is 1.52. The number of benzene rings is 2.